The fourth-order valence-corrected chi connectivity index (χ4v) is 4.13. The Bertz CT molecular complexity index is 1580. The maximum absolute atomic E-state index is 12.7. The summed E-state index contributed by atoms with van der Waals surface area (Å²) in [5.74, 6) is -2.48. The van der Waals surface area contributed by atoms with Gasteiger partial charge in [0.1, 0.15) is 0 Å². The summed E-state index contributed by atoms with van der Waals surface area (Å²) in [6.07, 6.45) is 0. The second kappa shape index (κ2) is 10.4. The van der Waals surface area contributed by atoms with Gasteiger partial charge in [0.15, 0.2) is 0 Å². The third-order valence-corrected chi connectivity index (χ3v) is 6.23. The van der Waals surface area contributed by atoms with Crippen LogP contribution in [0.15, 0.2) is 97.1 Å². The first kappa shape index (κ1) is 25.1. The van der Waals surface area contributed by atoms with Gasteiger partial charge in [-0.2, -0.15) is 0 Å². The fourth-order valence-electron chi connectivity index (χ4n) is 4.13. The van der Waals surface area contributed by atoms with E-state index in [1.165, 1.54) is 29.2 Å². The number of carboxylic acid groups (broad SMARTS) is 1. The average Bonchev–Trinajstić information content (AvgIpc) is 3.19. The zero-order valence-electron chi connectivity index (χ0n) is 20.4. The van der Waals surface area contributed by atoms with Crippen LogP contribution in [0.3, 0.4) is 0 Å². The lowest BCUT2D eigenvalue weighted by molar-refractivity contribution is 0.0639. The van der Waals surface area contributed by atoms with Crippen molar-refractivity contribution in [3.8, 4) is 0 Å². The number of nitrogens with zero attached hydrogens (tertiary/aromatic N) is 1. The van der Waals surface area contributed by atoms with Crippen molar-refractivity contribution in [2.75, 3.05) is 10.6 Å². The molecule has 0 spiro atoms. The van der Waals surface area contributed by atoms with E-state index in [2.05, 4.69) is 10.6 Å². The lowest BCUT2D eigenvalue weighted by Crippen LogP contribution is -2.29. The molecule has 1 heterocycles. The van der Waals surface area contributed by atoms with Gasteiger partial charge in [-0.05, 0) is 78.4 Å². The Morgan fingerprint density at radius 1 is 0.590 bits per heavy atom. The molecule has 3 N–H and O–H groups in total. The number of hydrogen-bond donors (Lipinski definition) is 3. The summed E-state index contributed by atoms with van der Waals surface area (Å²) in [5, 5.41) is 14.4. The molecule has 39 heavy (non-hydrogen) atoms. The van der Waals surface area contributed by atoms with Crippen LogP contribution in [-0.4, -0.2) is 39.6 Å². The van der Waals surface area contributed by atoms with Gasteiger partial charge in [0.2, 0.25) is 0 Å². The lowest BCUT2D eigenvalue weighted by atomic mass is 10.1. The molecule has 1 aliphatic rings. The van der Waals surface area contributed by atoms with E-state index < -0.39 is 5.97 Å². The quantitative estimate of drug-likeness (QED) is 0.304. The summed E-state index contributed by atoms with van der Waals surface area (Å²) in [6.45, 7) is 0.0987. The van der Waals surface area contributed by atoms with Gasteiger partial charge >= 0.3 is 5.97 Å². The summed E-state index contributed by atoms with van der Waals surface area (Å²) in [4.78, 5) is 62.5. The topological polar surface area (TPSA) is 133 Å². The predicted octanol–water partition coefficient (Wildman–Crippen LogP) is 4.69. The highest BCUT2D eigenvalue weighted by Crippen LogP contribution is 2.24. The van der Waals surface area contributed by atoms with Gasteiger partial charge in [0.05, 0.1) is 23.2 Å². The number of fused-ring (bicyclic) bond motifs is 1. The summed E-state index contributed by atoms with van der Waals surface area (Å²) >= 11 is 0. The number of imide groups is 1. The molecule has 0 aliphatic carbocycles. The largest absolute Gasteiger partial charge is 0.478 e. The predicted molar refractivity (Wildman–Crippen MR) is 143 cm³/mol. The molecule has 9 heteroatoms. The lowest BCUT2D eigenvalue weighted by Gasteiger charge is -2.14. The van der Waals surface area contributed by atoms with E-state index in [9.17, 15) is 24.0 Å². The van der Waals surface area contributed by atoms with Crippen molar-refractivity contribution in [1.29, 1.82) is 0 Å². The molecule has 9 nitrogen and oxygen atoms in total. The molecule has 4 aromatic carbocycles. The Kier molecular flexibility index (Phi) is 6.71. The number of hydrogen-bond acceptors (Lipinski definition) is 5. The third-order valence-electron chi connectivity index (χ3n) is 6.23. The molecule has 0 unspecified atom stereocenters. The minimum Gasteiger partial charge on any atom is -0.478 e. The molecular formula is C30H21N3O6. The molecule has 0 atom stereocenters. The van der Waals surface area contributed by atoms with Crippen LogP contribution in [0.5, 0.6) is 0 Å². The van der Waals surface area contributed by atoms with Crippen LogP contribution in [0.4, 0.5) is 11.4 Å². The summed E-state index contributed by atoms with van der Waals surface area (Å²) in [6, 6.07) is 25.4. The first-order valence-electron chi connectivity index (χ1n) is 11.9. The Balaban J connectivity index is 1.17. The van der Waals surface area contributed by atoms with Gasteiger partial charge in [-0.25, -0.2) is 4.79 Å². The number of rotatable bonds is 7. The normalized spacial score (nSPS) is 12.2. The van der Waals surface area contributed by atoms with Crippen molar-refractivity contribution in [2.24, 2.45) is 0 Å². The van der Waals surface area contributed by atoms with Crippen molar-refractivity contribution in [1.82, 2.24) is 4.90 Å². The van der Waals surface area contributed by atoms with Crippen LogP contribution in [0.25, 0.3) is 0 Å². The second-order valence-corrected chi connectivity index (χ2v) is 8.81. The molecule has 5 rings (SSSR count). The Morgan fingerprint density at radius 3 is 1.44 bits per heavy atom. The van der Waals surface area contributed by atoms with E-state index in [-0.39, 0.29) is 35.7 Å². The number of aromatic carboxylic acids is 1. The Hall–Kier alpha value is -5.57. The molecule has 0 fully saturated rings. The van der Waals surface area contributed by atoms with Crippen molar-refractivity contribution >= 4 is 41.0 Å². The molecule has 0 saturated carbocycles. The highest BCUT2D eigenvalue weighted by atomic mass is 16.4. The van der Waals surface area contributed by atoms with Gasteiger partial charge in [0.25, 0.3) is 23.6 Å². The number of carboxylic acids is 1. The molecule has 0 saturated heterocycles. The van der Waals surface area contributed by atoms with E-state index in [0.717, 1.165) is 0 Å². The zero-order valence-corrected chi connectivity index (χ0v) is 20.4. The van der Waals surface area contributed by atoms with Crippen molar-refractivity contribution < 1.29 is 29.1 Å². The van der Waals surface area contributed by atoms with Gasteiger partial charge in [-0.1, -0.05) is 24.3 Å². The maximum atomic E-state index is 12.7. The Labute approximate surface area is 222 Å². The van der Waals surface area contributed by atoms with Crippen LogP contribution in [-0.2, 0) is 6.54 Å². The van der Waals surface area contributed by atoms with Crippen molar-refractivity contribution in [3.05, 3.63) is 130 Å². The van der Waals surface area contributed by atoms with Crippen LogP contribution in [0.2, 0.25) is 0 Å². The second-order valence-electron chi connectivity index (χ2n) is 8.81. The van der Waals surface area contributed by atoms with Gasteiger partial charge in [-0.3, -0.25) is 24.1 Å². The minimum absolute atomic E-state index is 0.0987. The number of carbonyl (C=O) groups excluding carboxylic acids is 4. The van der Waals surface area contributed by atoms with Gasteiger partial charge < -0.3 is 15.7 Å². The van der Waals surface area contributed by atoms with Crippen LogP contribution in [0, 0.1) is 0 Å². The highest BCUT2D eigenvalue weighted by molar-refractivity contribution is 6.21. The van der Waals surface area contributed by atoms with Crippen molar-refractivity contribution in [3.63, 3.8) is 0 Å². The molecule has 0 radical (unpaired) electrons. The highest BCUT2D eigenvalue weighted by Gasteiger charge is 2.34. The molecule has 0 aromatic heterocycles. The third kappa shape index (κ3) is 5.28. The van der Waals surface area contributed by atoms with E-state index in [1.807, 2.05) is 0 Å². The first-order valence-corrected chi connectivity index (χ1v) is 11.9. The monoisotopic (exact) mass is 519 g/mol. The fraction of sp³-hybridized carbons (Fsp3) is 0.0333. The van der Waals surface area contributed by atoms with Crippen molar-refractivity contribution in [2.45, 2.75) is 6.54 Å². The SMILES string of the molecule is O=C(O)c1ccc(NC(=O)c2ccc(NC(=O)c3ccc(CN4C(=O)c5ccccc5C4=O)cc3)cc2)cc1. The van der Waals surface area contributed by atoms with Crippen LogP contribution in [0.1, 0.15) is 57.4 Å². The summed E-state index contributed by atoms with van der Waals surface area (Å²) in [5.41, 5.74) is 3.26. The minimum atomic E-state index is -1.05. The molecule has 0 bridgehead atoms. The molecule has 1 aliphatic heterocycles. The van der Waals surface area contributed by atoms with E-state index in [0.29, 0.717) is 39.2 Å². The molecule has 4 amide bonds. The van der Waals surface area contributed by atoms with Crippen LogP contribution < -0.4 is 10.6 Å². The molecular weight excluding hydrogens is 498 g/mol. The number of amides is 4. The number of nitrogens with one attached hydrogen (secondary N) is 2. The number of benzene rings is 4. The van der Waals surface area contributed by atoms with E-state index in [1.54, 1.807) is 72.8 Å². The first-order chi connectivity index (χ1) is 18.8. The van der Waals surface area contributed by atoms with Crippen LogP contribution >= 0.6 is 0 Å². The summed E-state index contributed by atoms with van der Waals surface area (Å²) < 4.78 is 0. The standard InChI is InChI=1S/C30H21N3O6/c34-26(19-7-5-18(6-8-19)17-33-28(36)24-3-1-2-4-25(24)29(33)37)31-22-13-9-20(10-14-22)27(35)32-23-15-11-21(12-16-23)30(38)39/h1-16H,17H2,(H,31,34)(H,32,35)(H,38,39). The maximum Gasteiger partial charge on any atom is 0.335 e. The van der Waals surface area contributed by atoms with E-state index in [4.69, 9.17) is 5.11 Å². The number of carbonyl (C=O) groups is 5. The Morgan fingerprint density at radius 2 is 1.00 bits per heavy atom. The zero-order chi connectivity index (χ0) is 27.5. The smallest absolute Gasteiger partial charge is 0.335 e. The van der Waals surface area contributed by atoms with E-state index >= 15 is 0 Å². The average molecular weight is 520 g/mol. The molecule has 4 aromatic rings. The van der Waals surface area contributed by atoms with Gasteiger partial charge in [0, 0.05) is 22.5 Å². The van der Waals surface area contributed by atoms with Gasteiger partial charge in [-0.15, -0.1) is 0 Å². The summed E-state index contributed by atoms with van der Waals surface area (Å²) in [7, 11) is 0. The number of anilines is 2. The molecule has 192 valence electrons.